The molecule has 2 aromatic carbocycles. The fraction of sp³-hybridized carbons (Fsp3) is 0.320. The van der Waals surface area contributed by atoms with Gasteiger partial charge in [0.1, 0.15) is 17.6 Å². The Morgan fingerprint density at radius 1 is 1.16 bits per heavy atom. The van der Waals surface area contributed by atoms with Crippen LogP contribution in [0.15, 0.2) is 48.7 Å². The molecule has 1 aliphatic rings. The second kappa shape index (κ2) is 9.56. The monoisotopic (exact) mass is 430 g/mol. The zero-order valence-corrected chi connectivity index (χ0v) is 18.3. The van der Waals surface area contributed by atoms with Gasteiger partial charge in [-0.3, -0.25) is 9.78 Å². The lowest BCUT2D eigenvalue weighted by Crippen LogP contribution is -2.40. The smallest absolute Gasteiger partial charge is 0.223 e. The number of fused-ring (bicyclic) bond motifs is 1. The summed E-state index contributed by atoms with van der Waals surface area (Å²) >= 11 is 0. The van der Waals surface area contributed by atoms with E-state index in [9.17, 15) is 10.1 Å². The molecule has 0 radical (unpaired) electrons. The molecular weight excluding hydrogens is 404 g/mol. The van der Waals surface area contributed by atoms with Gasteiger partial charge < -0.3 is 19.7 Å². The summed E-state index contributed by atoms with van der Waals surface area (Å²) in [5.74, 6) is 1.53. The van der Waals surface area contributed by atoms with Crippen LogP contribution in [0.4, 0.5) is 5.69 Å². The fourth-order valence-corrected chi connectivity index (χ4v) is 4.19. The van der Waals surface area contributed by atoms with E-state index in [2.05, 4.69) is 21.3 Å². The number of piperidine rings is 1. The molecule has 1 amide bonds. The molecular formula is C25H26N4O3. The first-order chi connectivity index (χ1) is 15.6. The number of hydrogen-bond donors (Lipinski definition) is 1. The maximum absolute atomic E-state index is 12.7. The van der Waals surface area contributed by atoms with Crippen molar-refractivity contribution in [1.29, 1.82) is 5.26 Å². The highest BCUT2D eigenvalue weighted by atomic mass is 16.5. The molecule has 0 saturated carbocycles. The van der Waals surface area contributed by atoms with E-state index in [4.69, 9.17) is 9.47 Å². The minimum atomic E-state index is -0.0458. The molecule has 7 nitrogen and oxygen atoms in total. The van der Waals surface area contributed by atoms with Gasteiger partial charge in [-0.15, -0.1) is 0 Å². The normalized spacial score (nSPS) is 14.1. The molecule has 7 heteroatoms. The van der Waals surface area contributed by atoms with E-state index in [1.165, 1.54) is 0 Å². The van der Waals surface area contributed by atoms with Crippen molar-refractivity contribution in [1.82, 2.24) is 10.3 Å². The molecule has 0 unspecified atom stereocenters. The number of rotatable bonds is 6. The molecule has 2 heterocycles. The number of pyridine rings is 1. The maximum Gasteiger partial charge on any atom is 0.223 e. The van der Waals surface area contributed by atoms with Crippen LogP contribution in [0.1, 0.15) is 24.0 Å². The second-order valence-electron chi connectivity index (χ2n) is 7.85. The predicted molar refractivity (Wildman–Crippen MR) is 123 cm³/mol. The number of nitrogens with zero attached hydrogens (tertiary/aromatic N) is 3. The Hall–Kier alpha value is -3.79. The summed E-state index contributed by atoms with van der Waals surface area (Å²) in [6.45, 7) is 1.89. The van der Waals surface area contributed by atoms with E-state index in [-0.39, 0.29) is 11.8 Å². The standard InChI is InChI=1S/C25H26N4O3/c1-31-20-5-3-4-17(12-20)15-28-25(30)18-8-10-29(11-9-18)24-19(14-26)16-27-23-13-21(32-2)6-7-22(23)24/h3-7,12-13,16,18H,8-11,15H2,1-2H3,(H,28,30). The van der Waals surface area contributed by atoms with Crippen LogP contribution in [0, 0.1) is 17.2 Å². The molecule has 164 valence electrons. The quantitative estimate of drug-likeness (QED) is 0.642. The zero-order chi connectivity index (χ0) is 22.5. The number of ether oxygens (including phenoxy) is 2. The first kappa shape index (κ1) is 21.4. The summed E-state index contributed by atoms with van der Waals surface area (Å²) < 4.78 is 10.5. The van der Waals surface area contributed by atoms with Gasteiger partial charge in [-0.25, -0.2) is 0 Å². The summed E-state index contributed by atoms with van der Waals surface area (Å²) in [6, 6.07) is 15.7. The van der Waals surface area contributed by atoms with E-state index < -0.39 is 0 Å². The Morgan fingerprint density at radius 3 is 2.62 bits per heavy atom. The van der Waals surface area contributed by atoms with Gasteiger partial charge in [-0.2, -0.15) is 5.26 Å². The molecule has 1 fully saturated rings. The van der Waals surface area contributed by atoms with Crippen LogP contribution in [0.25, 0.3) is 10.9 Å². The van der Waals surface area contributed by atoms with Crippen LogP contribution in [-0.2, 0) is 11.3 Å². The molecule has 0 bridgehead atoms. The average Bonchev–Trinajstić information content (AvgIpc) is 2.86. The van der Waals surface area contributed by atoms with Crippen LogP contribution in [-0.4, -0.2) is 38.2 Å². The number of aromatic nitrogens is 1. The number of amides is 1. The Kier molecular flexibility index (Phi) is 6.41. The average molecular weight is 431 g/mol. The summed E-state index contributed by atoms with van der Waals surface area (Å²) in [5.41, 5.74) is 3.22. The van der Waals surface area contributed by atoms with E-state index >= 15 is 0 Å². The van der Waals surface area contributed by atoms with Crippen molar-refractivity contribution in [2.45, 2.75) is 19.4 Å². The lowest BCUT2D eigenvalue weighted by molar-refractivity contribution is -0.125. The molecule has 1 aliphatic heterocycles. The molecule has 0 aliphatic carbocycles. The number of hydrogen-bond acceptors (Lipinski definition) is 6. The number of anilines is 1. The van der Waals surface area contributed by atoms with Crippen molar-refractivity contribution in [2.75, 3.05) is 32.2 Å². The van der Waals surface area contributed by atoms with Gasteiger partial charge in [0.25, 0.3) is 0 Å². The minimum Gasteiger partial charge on any atom is -0.497 e. The number of nitrogens with one attached hydrogen (secondary N) is 1. The SMILES string of the molecule is COc1cccc(CNC(=O)C2CCN(c3c(C#N)cnc4cc(OC)ccc34)CC2)c1. The van der Waals surface area contributed by atoms with E-state index in [0.29, 0.717) is 25.2 Å². The van der Waals surface area contributed by atoms with Gasteiger partial charge in [0.15, 0.2) is 0 Å². The van der Waals surface area contributed by atoms with Gasteiger partial charge in [0.05, 0.1) is 31.0 Å². The summed E-state index contributed by atoms with van der Waals surface area (Å²) in [7, 11) is 3.25. The Morgan fingerprint density at radius 2 is 1.91 bits per heavy atom. The van der Waals surface area contributed by atoms with Gasteiger partial charge in [-0.05, 0) is 42.7 Å². The first-order valence-corrected chi connectivity index (χ1v) is 10.7. The highest BCUT2D eigenvalue weighted by Crippen LogP contribution is 2.34. The van der Waals surface area contributed by atoms with Crippen molar-refractivity contribution >= 4 is 22.5 Å². The molecule has 3 aromatic rings. The summed E-state index contributed by atoms with van der Waals surface area (Å²) in [5, 5.41) is 13.6. The van der Waals surface area contributed by atoms with E-state index in [1.54, 1.807) is 20.4 Å². The molecule has 0 spiro atoms. The van der Waals surface area contributed by atoms with Crippen molar-refractivity contribution in [3.8, 4) is 17.6 Å². The third kappa shape index (κ3) is 4.45. The van der Waals surface area contributed by atoms with Crippen LogP contribution >= 0.6 is 0 Å². The highest BCUT2D eigenvalue weighted by molar-refractivity contribution is 5.95. The molecule has 4 rings (SSSR count). The van der Waals surface area contributed by atoms with Crippen molar-refractivity contribution in [3.05, 3.63) is 59.8 Å². The van der Waals surface area contributed by atoms with Gasteiger partial charge in [0, 0.05) is 43.2 Å². The first-order valence-electron chi connectivity index (χ1n) is 10.7. The van der Waals surface area contributed by atoms with E-state index in [0.717, 1.165) is 46.5 Å². The topological polar surface area (TPSA) is 87.5 Å². The Labute approximate surface area is 187 Å². The van der Waals surface area contributed by atoms with Crippen molar-refractivity contribution < 1.29 is 14.3 Å². The number of carbonyl (C=O) groups excluding carboxylic acids is 1. The predicted octanol–water partition coefficient (Wildman–Crippen LogP) is 3.66. The Balaban J connectivity index is 1.43. The van der Waals surface area contributed by atoms with Crippen molar-refractivity contribution in [3.63, 3.8) is 0 Å². The molecule has 1 aromatic heterocycles. The van der Waals surface area contributed by atoms with Crippen LogP contribution < -0.4 is 19.7 Å². The van der Waals surface area contributed by atoms with E-state index in [1.807, 2.05) is 42.5 Å². The van der Waals surface area contributed by atoms with Crippen LogP contribution in [0.5, 0.6) is 11.5 Å². The Bertz CT molecular complexity index is 1160. The molecule has 32 heavy (non-hydrogen) atoms. The van der Waals surface area contributed by atoms with Gasteiger partial charge in [-0.1, -0.05) is 12.1 Å². The third-order valence-electron chi connectivity index (χ3n) is 5.95. The largest absolute Gasteiger partial charge is 0.497 e. The van der Waals surface area contributed by atoms with Gasteiger partial charge in [0.2, 0.25) is 5.91 Å². The van der Waals surface area contributed by atoms with Crippen molar-refractivity contribution in [2.24, 2.45) is 5.92 Å². The summed E-state index contributed by atoms with van der Waals surface area (Å²) in [4.78, 5) is 19.4. The van der Waals surface area contributed by atoms with Crippen LogP contribution in [0.2, 0.25) is 0 Å². The minimum absolute atomic E-state index is 0.0458. The summed E-state index contributed by atoms with van der Waals surface area (Å²) in [6.07, 6.45) is 3.08. The number of carbonyl (C=O) groups is 1. The molecule has 1 N–H and O–H groups in total. The lowest BCUT2D eigenvalue weighted by Gasteiger charge is -2.34. The van der Waals surface area contributed by atoms with Crippen LogP contribution in [0.3, 0.4) is 0 Å². The third-order valence-corrected chi connectivity index (χ3v) is 5.95. The number of benzene rings is 2. The zero-order valence-electron chi connectivity index (χ0n) is 18.3. The number of nitriles is 1. The fourth-order valence-electron chi connectivity index (χ4n) is 4.19. The second-order valence-corrected chi connectivity index (χ2v) is 7.85. The maximum atomic E-state index is 12.7. The molecule has 0 atom stereocenters. The highest BCUT2D eigenvalue weighted by Gasteiger charge is 2.27. The lowest BCUT2D eigenvalue weighted by atomic mass is 9.94. The number of methoxy groups -OCH3 is 2. The molecule has 1 saturated heterocycles. The van der Waals surface area contributed by atoms with Gasteiger partial charge >= 0.3 is 0 Å².